The van der Waals surface area contributed by atoms with Crippen molar-refractivity contribution in [1.82, 2.24) is 0 Å². The molecule has 0 N–H and O–H groups in total. The Morgan fingerprint density at radius 1 is 1.50 bits per heavy atom. The van der Waals surface area contributed by atoms with E-state index in [0.717, 1.165) is 12.1 Å². The predicted molar refractivity (Wildman–Crippen MR) is 62.1 cm³/mol. The number of carbonyl (C=O) groups is 1. The fourth-order valence-electron chi connectivity index (χ4n) is 1.26. The molecule has 0 bridgehead atoms. The number of nitro groups is 1. The van der Waals surface area contributed by atoms with Gasteiger partial charge < -0.3 is 4.74 Å². The van der Waals surface area contributed by atoms with E-state index in [9.17, 15) is 23.7 Å². The van der Waals surface area contributed by atoms with Gasteiger partial charge in [-0.1, -0.05) is 15.9 Å². The number of hydrogen-bond donors (Lipinski definition) is 0. The normalized spacial score (nSPS) is 12.3. The average molecular weight is 324 g/mol. The van der Waals surface area contributed by atoms with E-state index in [4.69, 9.17) is 0 Å². The fraction of sp³-hybridized carbons (Fsp3) is 0.300. The summed E-state index contributed by atoms with van der Waals surface area (Å²) >= 11 is 3.01. The molecule has 98 valence electrons. The topological polar surface area (TPSA) is 69.4 Å². The van der Waals surface area contributed by atoms with Gasteiger partial charge in [0.25, 0.3) is 5.69 Å². The lowest BCUT2D eigenvalue weighted by atomic mass is 10.1. The van der Waals surface area contributed by atoms with Crippen LogP contribution in [0.1, 0.15) is 17.3 Å². The molecule has 0 fully saturated rings. The van der Waals surface area contributed by atoms with Crippen LogP contribution in [0, 0.1) is 10.1 Å². The third-order valence-electron chi connectivity index (χ3n) is 2.05. The molecule has 1 aromatic carbocycles. The number of halogens is 3. The number of Topliss-reactive ketones (excluding diaryl/α,β-unsaturated/α-hetero) is 1. The van der Waals surface area contributed by atoms with Gasteiger partial charge in [0, 0.05) is 11.6 Å². The van der Waals surface area contributed by atoms with E-state index in [-0.39, 0.29) is 11.3 Å². The van der Waals surface area contributed by atoms with Crippen LogP contribution in [0.5, 0.6) is 5.75 Å². The van der Waals surface area contributed by atoms with Gasteiger partial charge in [-0.3, -0.25) is 14.9 Å². The van der Waals surface area contributed by atoms with Crippen molar-refractivity contribution < 1.29 is 23.2 Å². The molecule has 0 spiro atoms. The van der Waals surface area contributed by atoms with Crippen molar-refractivity contribution in [3.63, 3.8) is 0 Å². The highest BCUT2D eigenvalue weighted by Crippen LogP contribution is 2.35. The van der Waals surface area contributed by atoms with E-state index in [2.05, 4.69) is 20.7 Å². The summed E-state index contributed by atoms with van der Waals surface area (Å²) in [5.41, 5.74) is -0.272. The predicted octanol–water partition coefficient (Wildman–Crippen LogP) is 3.22. The molecule has 0 saturated carbocycles. The Morgan fingerprint density at radius 2 is 2.11 bits per heavy atom. The van der Waals surface area contributed by atoms with E-state index in [1.807, 2.05) is 0 Å². The lowest BCUT2D eigenvalue weighted by Gasteiger charge is -2.13. The van der Waals surface area contributed by atoms with E-state index in [1.165, 1.54) is 13.0 Å². The van der Waals surface area contributed by atoms with Gasteiger partial charge in [0.1, 0.15) is 16.4 Å². The van der Waals surface area contributed by atoms with Gasteiger partial charge in [-0.25, -0.2) is 0 Å². The number of hydrogen-bond acceptors (Lipinski definition) is 4. The minimum absolute atomic E-state index is 0.119. The van der Waals surface area contributed by atoms with Crippen LogP contribution < -0.4 is 4.74 Å². The van der Waals surface area contributed by atoms with Crippen molar-refractivity contribution in [3.8, 4) is 5.75 Å². The zero-order valence-electron chi connectivity index (χ0n) is 9.10. The summed E-state index contributed by atoms with van der Waals surface area (Å²) in [6, 6.07) is 3.18. The van der Waals surface area contributed by atoms with Crippen molar-refractivity contribution in [2.75, 3.05) is 0 Å². The number of benzene rings is 1. The molecule has 1 atom stereocenters. The number of ketones is 1. The second kappa shape index (κ2) is 5.85. The monoisotopic (exact) mass is 323 g/mol. The summed E-state index contributed by atoms with van der Waals surface area (Å²) < 4.78 is 28.6. The van der Waals surface area contributed by atoms with Crippen LogP contribution >= 0.6 is 15.9 Å². The third-order valence-corrected chi connectivity index (χ3v) is 3.19. The molecule has 18 heavy (non-hydrogen) atoms. The highest BCUT2D eigenvalue weighted by Gasteiger charge is 2.22. The summed E-state index contributed by atoms with van der Waals surface area (Å²) in [5.74, 6) is -0.723. The Kier molecular flexibility index (Phi) is 4.71. The molecule has 8 heteroatoms. The minimum atomic E-state index is -3.13. The molecule has 0 aliphatic carbocycles. The van der Waals surface area contributed by atoms with Crippen molar-refractivity contribution in [1.29, 1.82) is 0 Å². The first-order chi connectivity index (χ1) is 8.32. The molecular formula is C10H8BrF2NO4. The first-order valence-electron chi connectivity index (χ1n) is 4.70. The van der Waals surface area contributed by atoms with Gasteiger partial charge in [-0.15, -0.1) is 0 Å². The summed E-state index contributed by atoms with van der Waals surface area (Å²) in [7, 11) is 0. The molecule has 5 nitrogen and oxygen atoms in total. The number of non-ortho nitro benzene ring substituents is 1. The maximum absolute atomic E-state index is 12.2. The van der Waals surface area contributed by atoms with Crippen LogP contribution in [0.2, 0.25) is 0 Å². The van der Waals surface area contributed by atoms with Crippen LogP contribution in [-0.2, 0) is 4.79 Å². The van der Waals surface area contributed by atoms with Crippen molar-refractivity contribution in [3.05, 3.63) is 33.9 Å². The Morgan fingerprint density at radius 3 is 2.56 bits per heavy atom. The SMILES string of the molecule is CC(=O)C(Br)c1ccc([N+](=O)[O-])cc1OC(F)F. The maximum Gasteiger partial charge on any atom is 0.387 e. The van der Waals surface area contributed by atoms with Gasteiger partial charge in [-0.05, 0) is 13.0 Å². The van der Waals surface area contributed by atoms with Crippen molar-refractivity contribution in [2.45, 2.75) is 18.4 Å². The standard InChI is InChI=1S/C10H8BrF2NO4/c1-5(15)9(11)7-3-2-6(14(16)17)4-8(7)18-10(12)13/h2-4,9-10H,1H3. The number of ether oxygens (including phenoxy) is 1. The Bertz CT molecular complexity index is 481. The Balaban J connectivity index is 3.24. The van der Waals surface area contributed by atoms with E-state index in [1.54, 1.807) is 0 Å². The van der Waals surface area contributed by atoms with Gasteiger partial charge in [0.15, 0.2) is 0 Å². The molecule has 1 rings (SSSR count). The highest BCUT2D eigenvalue weighted by molar-refractivity contribution is 9.09. The summed E-state index contributed by atoms with van der Waals surface area (Å²) in [6.07, 6.45) is 0. The van der Waals surface area contributed by atoms with E-state index < -0.39 is 27.8 Å². The first-order valence-corrected chi connectivity index (χ1v) is 5.62. The molecule has 1 aromatic rings. The lowest BCUT2D eigenvalue weighted by molar-refractivity contribution is -0.385. The van der Waals surface area contributed by atoms with Crippen LogP contribution in [-0.4, -0.2) is 17.3 Å². The molecule has 1 unspecified atom stereocenters. The van der Waals surface area contributed by atoms with Gasteiger partial charge in [0.2, 0.25) is 0 Å². The largest absolute Gasteiger partial charge is 0.434 e. The number of carbonyl (C=O) groups excluding carboxylic acids is 1. The second-order valence-electron chi connectivity index (χ2n) is 3.33. The van der Waals surface area contributed by atoms with Gasteiger partial charge in [0.05, 0.1) is 11.0 Å². The zero-order chi connectivity index (χ0) is 13.9. The third kappa shape index (κ3) is 3.46. The van der Waals surface area contributed by atoms with Gasteiger partial charge in [-0.2, -0.15) is 8.78 Å². The summed E-state index contributed by atoms with van der Waals surface area (Å²) in [6.45, 7) is -1.87. The Labute approximate surface area is 109 Å². The van der Waals surface area contributed by atoms with Crippen LogP contribution in [0.25, 0.3) is 0 Å². The zero-order valence-corrected chi connectivity index (χ0v) is 10.7. The molecule has 0 amide bonds. The lowest BCUT2D eigenvalue weighted by Crippen LogP contribution is -2.09. The van der Waals surface area contributed by atoms with E-state index >= 15 is 0 Å². The first kappa shape index (κ1) is 14.5. The van der Waals surface area contributed by atoms with Crippen LogP contribution in [0.15, 0.2) is 18.2 Å². The number of nitro benzene ring substituents is 1. The van der Waals surface area contributed by atoms with Crippen molar-refractivity contribution >= 4 is 27.4 Å². The molecule has 0 heterocycles. The summed E-state index contributed by atoms with van der Waals surface area (Å²) in [4.78, 5) is 20.1. The molecule has 0 aliphatic rings. The molecule has 0 aromatic heterocycles. The van der Waals surface area contributed by atoms with Gasteiger partial charge >= 0.3 is 6.61 Å². The van der Waals surface area contributed by atoms with E-state index in [0.29, 0.717) is 0 Å². The fourth-order valence-corrected chi connectivity index (χ4v) is 1.64. The van der Waals surface area contributed by atoms with Crippen LogP contribution in [0.3, 0.4) is 0 Å². The highest BCUT2D eigenvalue weighted by atomic mass is 79.9. The maximum atomic E-state index is 12.2. The van der Waals surface area contributed by atoms with Crippen LogP contribution in [0.4, 0.5) is 14.5 Å². The second-order valence-corrected chi connectivity index (χ2v) is 4.25. The van der Waals surface area contributed by atoms with Crippen molar-refractivity contribution in [2.24, 2.45) is 0 Å². The quantitative estimate of drug-likeness (QED) is 0.474. The number of nitrogens with zero attached hydrogens (tertiary/aromatic N) is 1. The molecule has 0 aliphatic heterocycles. The Hall–Kier alpha value is -1.57. The number of alkyl halides is 3. The summed E-state index contributed by atoms with van der Waals surface area (Å²) in [5, 5.41) is 10.5. The average Bonchev–Trinajstić information content (AvgIpc) is 2.26. The molecule has 0 saturated heterocycles. The molecular weight excluding hydrogens is 316 g/mol. The smallest absolute Gasteiger partial charge is 0.387 e. The minimum Gasteiger partial charge on any atom is -0.434 e. The number of rotatable bonds is 5. The molecule has 0 radical (unpaired) electrons.